The molecular weight excluding hydrogens is 252 g/mol. The van der Waals surface area contributed by atoms with E-state index in [0.717, 1.165) is 12.8 Å². The fraction of sp³-hybridized carbons (Fsp3) is 1.00. The molecule has 0 aromatic rings. The first-order valence-electron chi connectivity index (χ1n) is 6.93. The predicted molar refractivity (Wildman–Crippen MR) is 68.9 cm³/mol. The summed E-state index contributed by atoms with van der Waals surface area (Å²) in [5, 5.41) is 2.97. The lowest BCUT2D eigenvalue weighted by Gasteiger charge is -2.33. The molecule has 0 aromatic carbocycles. The summed E-state index contributed by atoms with van der Waals surface area (Å²) in [6, 6.07) is 0.559. The molecule has 0 aromatic heterocycles. The van der Waals surface area contributed by atoms with E-state index < -0.39 is 10.0 Å². The highest BCUT2D eigenvalue weighted by molar-refractivity contribution is 7.89. The van der Waals surface area contributed by atoms with Gasteiger partial charge in [0.2, 0.25) is 10.0 Å². The number of sulfonamides is 1. The maximum atomic E-state index is 12.5. The van der Waals surface area contributed by atoms with Crippen molar-refractivity contribution in [1.82, 2.24) is 9.62 Å². The van der Waals surface area contributed by atoms with Crippen LogP contribution >= 0.6 is 0 Å². The fourth-order valence-electron chi connectivity index (χ4n) is 2.77. The second kappa shape index (κ2) is 4.74. The van der Waals surface area contributed by atoms with Gasteiger partial charge < -0.3 is 10.1 Å². The average molecular weight is 274 g/mol. The second-order valence-corrected chi connectivity index (χ2v) is 8.16. The van der Waals surface area contributed by atoms with Crippen LogP contribution in [-0.4, -0.2) is 55.9 Å². The van der Waals surface area contributed by atoms with Crippen LogP contribution < -0.4 is 5.32 Å². The van der Waals surface area contributed by atoms with Crippen molar-refractivity contribution in [2.45, 2.75) is 56.1 Å². The summed E-state index contributed by atoms with van der Waals surface area (Å²) in [5.41, 5.74) is 0. The third kappa shape index (κ3) is 2.57. The number of nitrogens with one attached hydrogen (secondary N) is 1. The number of rotatable bonds is 5. The van der Waals surface area contributed by atoms with E-state index in [4.69, 9.17) is 4.74 Å². The molecule has 2 bridgehead atoms. The number of morpholine rings is 1. The molecule has 0 spiro atoms. The van der Waals surface area contributed by atoms with Gasteiger partial charge in [0.15, 0.2) is 0 Å². The molecule has 2 saturated heterocycles. The van der Waals surface area contributed by atoms with Crippen LogP contribution in [-0.2, 0) is 14.8 Å². The largest absolute Gasteiger partial charge is 0.372 e. The molecule has 104 valence electrons. The van der Waals surface area contributed by atoms with E-state index in [1.807, 2.05) is 6.92 Å². The number of hydrogen-bond acceptors (Lipinski definition) is 4. The quantitative estimate of drug-likeness (QED) is 0.784. The van der Waals surface area contributed by atoms with Gasteiger partial charge in [-0.1, -0.05) is 0 Å². The third-order valence-corrected chi connectivity index (χ3v) is 6.35. The van der Waals surface area contributed by atoms with Crippen molar-refractivity contribution in [3.8, 4) is 0 Å². The van der Waals surface area contributed by atoms with Crippen molar-refractivity contribution in [2.24, 2.45) is 0 Å². The molecule has 3 fully saturated rings. The summed E-state index contributed by atoms with van der Waals surface area (Å²) in [7, 11) is -3.16. The second-order valence-electron chi connectivity index (χ2n) is 5.81. The normalized spacial score (nSPS) is 34.7. The summed E-state index contributed by atoms with van der Waals surface area (Å²) >= 11 is 0. The number of ether oxygens (including phenoxy) is 1. The number of fused-ring (bicyclic) bond motifs is 2. The Balaban J connectivity index is 1.61. The highest BCUT2D eigenvalue weighted by Crippen LogP contribution is 2.29. The standard InChI is InChI=1S/C12H22N2O3S/c1-9(6-13-10-2-3-10)18(15,16)14-7-11-4-5-12(8-14)17-11/h9-13H,2-8H2,1H3. The van der Waals surface area contributed by atoms with E-state index in [0.29, 0.717) is 25.7 Å². The Labute approximate surface area is 109 Å². The molecule has 18 heavy (non-hydrogen) atoms. The van der Waals surface area contributed by atoms with Gasteiger partial charge >= 0.3 is 0 Å². The van der Waals surface area contributed by atoms with Gasteiger partial charge in [0.05, 0.1) is 17.5 Å². The third-order valence-electron chi connectivity index (χ3n) is 4.15. The van der Waals surface area contributed by atoms with Crippen LogP contribution in [0.3, 0.4) is 0 Å². The topological polar surface area (TPSA) is 58.6 Å². The van der Waals surface area contributed by atoms with Crippen molar-refractivity contribution >= 4 is 10.0 Å². The van der Waals surface area contributed by atoms with E-state index in [2.05, 4.69) is 5.32 Å². The van der Waals surface area contributed by atoms with Gasteiger partial charge in [0.25, 0.3) is 0 Å². The maximum Gasteiger partial charge on any atom is 0.218 e. The van der Waals surface area contributed by atoms with Crippen LogP contribution in [0.4, 0.5) is 0 Å². The monoisotopic (exact) mass is 274 g/mol. The molecule has 2 aliphatic heterocycles. The van der Waals surface area contributed by atoms with E-state index in [-0.39, 0.29) is 17.5 Å². The molecule has 0 radical (unpaired) electrons. The molecule has 1 N–H and O–H groups in total. The van der Waals surface area contributed by atoms with Crippen LogP contribution in [0.1, 0.15) is 32.6 Å². The van der Waals surface area contributed by atoms with E-state index >= 15 is 0 Å². The van der Waals surface area contributed by atoms with Gasteiger partial charge in [-0.15, -0.1) is 0 Å². The zero-order valence-corrected chi connectivity index (χ0v) is 11.7. The first-order valence-corrected chi connectivity index (χ1v) is 8.44. The minimum atomic E-state index is -3.16. The SMILES string of the molecule is CC(CNC1CC1)S(=O)(=O)N1CC2CCC(C1)O2. The summed E-state index contributed by atoms with van der Waals surface area (Å²) in [4.78, 5) is 0. The van der Waals surface area contributed by atoms with Crippen molar-refractivity contribution in [3.63, 3.8) is 0 Å². The lowest BCUT2D eigenvalue weighted by atomic mass is 10.2. The Bertz CT molecular complexity index is 396. The van der Waals surface area contributed by atoms with Crippen LogP contribution in [0.25, 0.3) is 0 Å². The van der Waals surface area contributed by atoms with Gasteiger partial charge in [-0.2, -0.15) is 4.31 Å². The minimum absolute atomic E-state index is 0.127. The Hall–Kier alpha value is -0.170. The van der Waals surface area contributed by atoms with Crippen LogP contribution in [0.15, 0.2) is 0 Å². The van der Waals surface area contributed by atoms with Crippen LogP contribution in [0, 0.1) is 0 Å². The van der Waals surface area contributed by atoms with E-state index in [1.165, 1.54) is 12.8 Å². The molecule has 3 unspecified atom stereocenters. The summed E-state index contributed by atoms with van der Waals surface area (Å²) in [6.07, 6.45) is 4.64. The zero-order chi connectivity index (χ0) is 12.8. The van der Waals surface area contributed by atoms with E-state index in [1.54, 1.807) is 4.31 Å². The Morgan fingerprint density at radius 3 is 2.39 bits per heavy atom. The fourth-order valence-corrected chi connectivity index (χ4v) is 4.33. The summed E-state index contributed by atoms with van der Waals surface area (Å²) < 4.78 is 32.3. The first-order chi connectivity index (χ1) is 8.55. The molecule has 3 aliphatic rings. The number of nitrogens with zero attached hydrogens (tertiary/aromatic N) is 1. The molecule has 0 amide bonds. The van der Waals surface area contributed by atoms with Gasteiger partial charge in [0.1, 0.15) is 0 Å². The molecule has 3 rings (SSSR count). The Morgan fingerprint density at radius 1 is 1.22 bits per heavy atom. The van der Waals surface area contributed by atoms with Gasteiger partial charge in [-0.3, -0.25) is 0 Å². The number of hydrogen-bond donors (Lipinski definition) is 1. The van der Waals surface area contributed by atoms with Crippen molar-refractivity contribution in [1.29, 1.82) is 0 Å². The Kier molecular flexibility index (Phi) is 3.38. The highest BCUT2D eigenvalue weighted by Gasteiger charge is 2.40. The zero-order valence-electron chi connectivity index (χ0n) is 10.8. The van der Waals surface area contributed by atoms with Crippen molar-refractivity contribution in [3.05, 3.63) is 0 Å². The smallest absolute Gasteiger partial charge is 0.218 e. The molecule has 1 saturated carbocycles. The van der Waals surface area contributed by atoms with Gasteiger partial charge in [-0.05, 0) is 32.6 Å². The first kappa shape index (κ1) is 12.8. The lowest BCUT2D eigenvalue weighted by Crippen LogP contribution is -2.50. The molecule has 5 nitrogen and oxygen atoms in total. The average Bonchev–Trinajstić information content (AvgIpc) is 3.12. The van der Waals surface area contributed by atoms with Crippen LogP contribution in [0.5, 0.6) is 0 Å². The van der Waals surface area contributed by atoms with Crippen molar-refractivity contribution in [2.75, 3.05) is 19.6 Å². The molecule has 3 atom stereocenters. The van der Waals surface area contributed by atoms with Crippen molar-refractivity contribution < 1.29 is 13.2 Å². The molecule has 6 heteroatoms. The highest BCUT2D eigenvalue weighted by atomic mass is 32.2. The predicted octanol–water partition coefficient (Wildman–Crippen LogP) is 0.320. The molecular formula is C12H22N2O3S. The maximum absolute atomic E-state index is 12.5. The minimum Gasteiger partial charge on any atom is -0.372 e. The summed E-state index contributed by atoms with van der Waals surface area (Å²) in [5.74, 6) is 0. The van der Waals surface area contributed by atoms with Crippen LogP contribution in [0.2, 0.25) is 0 Å². The van der Waals surface area contributed by atoms with E-state index in [9.17, 15) is 8.42 Å². The Morgan fingerprint density at radius 2 is 1.83 bits per heavy atom. The van der Waals surface area contributed by atoms with Gasteiger partial charge in [-0.25, -0.2) is 8.42 Å². The lowest BCUT2D eigenvalue weighted by molar-refractivity contribution is -0.0116. The summed E-state index contributed by atoms with van der Waals surface area (Å²) in [6.45, 7) is 3.47. The molecule has 1 aliphatic carbocycles. The molecule has 2 heterocycles. The van der Waals surface area contributed by atoms with Gasteiger partial charge in [0, 0.05) is 25.7 Å².